The molecule has 3 N–H and O–H groups in total. The van der Waals surface area contributed by atoms with E-state index in [1.165, 1.54) is 5.56 Å². The minimum atomic E-state index is 0. The maximum absolute atomic E-state index is 5.99. The zero-order valence-corrected chi connectivity index (χ0v) is 14.4. The van der Waals surface area contributed by atoms with Gasteiger partial charge in [-0.2, -0.15) is 16.9 Å². The van der Waals surface area contributed by atoms with Gasteiger partial charge in [-0.3, -0.25) is 10.1 Å². The molecule has 0 radical (unpaired) electrons. The van der Waals surface area contributed by atoms with Crippen LogP contribution in [0.4, 0.5) is 0 Å². The molecule has 0 spiro atoms. The molecule has 1 aliphatic rings. The molecule has 0 aromatic carbocycles. The summed E-state index contributed by atoms with van der Waals surface area (Å²) in [6.07, 6.45) is 3.92. The highest BCUT2D eigenvalue weighted by Crippen LogP contribution is 2.09. The van der Waals surface area contributed by atoms with Crippen molar-refractivity contribution in [2.45, 2.75) is 19.8 Å². The molecule has 0 saturated carbocycles. The van der Waals surface area contributed by atoms with E-state index >= 15 is 0 Å². The second kappa shape index (κ2) is 8.68. The van der Waals surface area contributed by atoms with E-state index in [4.69, 9.17) is 5.73 Å². The Morgan fingerprint density at radius 2 is 2.26 bits per heavy atom. The van der Waals surface area contributed by atoms with Gasteiger partial charge in [0.15, 0.2) is 5.96 Å². The molecule has 0 atom stereocenters. The molecule has 108 valence electrons. The van der Waals surface area contributed by atoms with Crippen LogP contribution in [0.25, 0.3) is 0 Å². The Labute approximate surface area is 135 Å². The van der Waals surface area contributed by atoms with Crippen molar-refractivity contribution >= 4 is 41.7 Å². The summed E-state index contributed by atoms with van der Waals surface area (Å²) in [5.41, 5.74) is 8.41. The Kier molecular flexibility index (Phi) is 7.59. The standard InChI is InChI=1S/C12H21N5S.HI/c1-10-11(9-15-16-10)3-2-4-14-12(13)17-5-7-18-8-6-17;/h9H,2-8H2,1H3,(H2,13,14)(H,15,16);1H. The largest absolute Gasteiger partial charge is 0.370 e. The van der Waals surface area contributed by atoms with Crippen LogP contribution in [0.1, 0.15) is 17.7 Å². The summed E-state index contributed by atoms with van der Waals surface area (Å²) in [5, 5.41) is 6.96. The van der Waals surface area contributed by atoms with E-state index in [-0.39, 0.29) is 24.0 Å². The zero-order valence-electron chi connectivity index (χ0n) is 11.3. The van der Waals surface area contributed by atoms with Gasteiger partial charge in [-0.15, -0.1) is 24.0 Å². The van der Waals surface area contributed by atoms with Crippen LogP contribution in [0.5, 0.6) is 0 Å². The molecule has 0 unspecified atom stereocenters. The molecule has 1 aromatic rings. The minimum Gasteiger partial charge on any atom is -0.370 e. The molecule has 7 heteroatoms. The second-order valence-electron chi connectivity index (χ2n) is 4.46. The summed E-state index contributed by atoms with van der Waals surface area (Å²) in [6.45, 7) is 4.90. The van der Waals surface area contributed by atoms with Crippen LogP contribution in [0.15, 0.2) is 11.2 Å². The molecular weight excluding hydrogens is 373 g/mol. The van der Waals surface area contributed by atoms with Crippen LogP contribution in [0, 0.1) is 6.92 Å². The van der Waals surface area contributed by atoms with Crippen LogP contribution in [0.2, 0.25) is 0 Å². The van der Waals surface area contributed by atoms with Crippen molar-refractivity contribution in [1.29, 1.82) is 0 Å². The van der Waals surface area contributed by atoms with Crippen LogP contribution < -0.4 is 5.73 Å². The first-order valence-electron chi connectivity index (χ1n) is 6.39. The first kappa shape index (κ1) is 16.6. The smallest absolute Gasteiger partial charge is 0.191 e. The minimum absolute atomic E-state index is 0. The Hall–Kier alpha value is -0.440. The van der Waals surface area contributed by atoms with Crippen molar-refractivity contribution < 1.29 is 0 Å². The van der Waals surface area contributed by atoms with E-state index in [1.54, 1.807) is 0 Å². The van der Waals surface area contributed by atoms with Crippen molar-refractivity contribution in [3.63, 3.8) is 0 Å². The zero-order chi connectivity index (χ0) is 12.8. The highest BCUT2D eigenvalue weighted by Gasteiger charge is 2.11. The van der Waals surface area contributed by atoms with E-state index < -0.39 is 0 Å². The Morgan fingerprint density at radius 3 is 2.89 bits per heavy atom. The first-order valence-corrected chi connectivity index (χ1v) is 7.54. The summed E-state index contributed by atoms with van der Waals surface area (Å²) in [7, 11) is 0. The number of nitrogens with two attached hydrogens (primary N) is 1. The van der Waals surface area contributed by atoms with Gasteiger partial charge in [-0.1, -0.05) is 0 Å². The monoisotopic (exact) mass is 395 g/mol. The third kappa shape index (κ3) is 5.21. The van der Waals surface area contributed by atoms with Crippen molar-refractivity contribution in [3.05, 3.63) is 17.5 Å². The number of rotatable bonds is 4. The number of nitrogens with one attached hydrogen (secondary N) is 1. The number of aromatic nitrogens is 2. The third-order valence-electron chi connectivity index (χ3n) is 3.15. The summed E-state index contributed by atoms with van der Waals surface area (Å²) in [6, 6.07) is 0. The quantitative estimate of drug-likeness (QED) is 0.352. The summed E-state index contributed by atoms with van der Waals surface area (Å²) in [5.74, 6) is 3.02. The highest BCUT2D eigenvalue weighted by molar-refractivity contribution is 14.0. The SMILES string of the molecule is Cc1[nH]ncc1CCCN=C(N)N1CCSCC1.I. The van der Waals surface area contributed by atoms with Crippen LogP contribution in [-0.4, -0.2) is 52.2 Å². The average Bonchev–Trinajstić information content (AvgIpc) is 2.81. The topological polar surface area (TPSA) is 70.3 Å². The third-order valence-corrected chi connectivity index (χ3v) is 4.09. The van der Waals surface area contributed by atoms with E-state index in [0.29, 0.717) is 5.96 Å². The molecule has 0 bridgehead atoms. The van der Waals surface area contributed by atoms with E-state index in [0.717, 1.165) is 49.7 Å². The number of nitrogens with zero attached hydrogens (tertiary/aromatic N) is 3. The molecule has 0 amide bonds. The number of H-pyrrole nitrogens is 1. The van der Waals surface area contributed by atoms with Crippen LogP contribution in [0.3, 0.4) is 0 Å². The van der Waals surface area contributed by atoms with Crippen LogP contribution >= 0.6 is 35.7 Å². The number of hydrogen-bond acceptors (Lipinski definition) is 3. The predicted molar refractivity (Wildman–Crippen MR) is 92.4 cm³/mol. The normalized spacial score (nSPS) is 16.3. The van der Waals surface area contributed by atoms with Gasteiger partial charge >= 0.3 is 0 Å². The lowest BCUT2D eigenvalue weighted by Crippen LogP contribution is -2.42. The number of aromatic amines is 1. The van der Waals surface area contributed by atoms with Gasteiger partial charge in [0.2, 0.25) is 0 Å². The first-order chi connectivity index (χ1) is 8.77. The number of halogens is 1. The fourth-order valence-electron chi connectivity index (χ4n) is 1.98. The number of thioether (sulfide) groups is 1. The van der Waals surface area contributed by atoms with Gasteiger partial charge in [-0.05, 0) is 25.3 Å². The van der Waals surface area contributed by atoms with Gasteiger partial charge < -0.3 is 10.6 Å². The van der Waals surface area contributed by atoms with E-state index in [1.807, 2.05) is 24.9 Å². The Bertz CT molecular complexity index is 401. The van der Waals surface area contributed by atoms with Gasteiger partial charge in [0, 0.05) is 36.8 Å². The molecule has 19 heavy (non-hydrogen) atoms. The number of guanidine groups is 1. The summed E-state index contributed by atoms with van der Waals surface area (Å²) < 4.78 is 0. The maximum Gasteiger partial charge on any atom is 0.191 e. The predicted octanol–water partition coefficient (Wildman–Crippen LogP) is 1.63. The van der Waals surface area contributed by atoms with Crippen molar-refractivity contribution in [2.24, 2.45) is 10.7 Å². The molecule has 1 aliphatic heterocycles. The van der Waals surface area contributed by atoms with Gasteiger partial charge in [0.05, 0.1) is 6.20 Å². The van der Waals surface area contributed by atoms with Gasteiger partial charge in [0.25, 0.3) is 0 Å². The van der Waals surface area contributed by atoms with Gasteiger partial charge in [0.1, 0.15) is 0 Å². The highest BCUT2D eigenvalue weighted by atomic mass is 127. The summed E-state index contributed by atoms with van der Waals surface area (Å²) >= 11 is 1.98. The molecule has 2 rings (SSSR count). The lowest BCUT2D eigenvalue weighted by molar-refractivity contribution is 0.455. The van der Waals surface area contributed by atoms with Crippen molar-refractivity contribution in [1.82, 2.24) is 15.1 Å². The molecule has 1 saturated heterocycles. The van der Waals surface area contributed by atoms with E-state index in [9.17, 15) is 0 Å². The Balaban J connectivity index is 0.00000180. The molecular formula is C12H22IN5S. The number of hydrogen-bond donors (Lipinski definition) is 2. The second-order valence-corrected chi connectivity index (χ2v) is 5.69. The van der Waals surface area contributed by atoms with Crippen molar-refractivity contribution in [2.75, 3.05) is 31.1 Å². The fraction of sp³-hybridized carbons (Fsp3) is 0.667. The molecule has 5 nitrogen and oxygen atoms in total. The average molecular weight is 395 g/mol. The van der Waals surface area contributed by atoms with Crippen molar-refractivity contribution in [3.8, 4) is 0 Å². The number of aryl methyl sites for hydroxylation is 2. The lowest BCUT2D eigenvalue weighted by Gasteiger charge is -2.27. The lowest BCUT2D eigenvalue weighted by atomic mass is 10.1. The van der Waals surface area contributed by atoms with Crippen LogP contribution in [-0.2, 0) is 6.42 Å². The van der Waals surface area contributed by atoms with E-state index in [2.05, 4.69) is 20.1 Å². The summed E-state index contributed by atoms with van der Waals surface area (Å²) in [4.78, 5) is 6.64. The molecule has 1 fully saturated rings. The fourth-order valence-corrected chi connectivity index (χ4v) is 2.89. The van der Waals surface area contributed by atoms with Gasteiger partial charge in [-0.25, -0.2) is 0 Å². The maximum atomic E-state index is 5.99. The molecule has 2 heterocycles. The number of aliphatic imine (C=N–C) groups is 1. The Morgan fingerprint density at radius 1 is 1.53 bits per heavy atom. The molecule has 1 aromatic heterocycles. The molecule has 0 aliphatic carbocycles.